The van der Waals surface area contributed by atoms with Gasteiger partial charge in [-0.05, 0) is 12.8 Å². The van der Waals surface area contributed by atoms with Gasteiger partial charge in [0.15, 0.2) is 0 Å². The van der Waals surface area contributed by atoms with E-state index in [2.05, 4.69) is 15.5 Å². The molecule has 1 amide bonds. The molecule has 1 saturated heterocycles. The van der Waals surface area contributed by atoms with E-state index in [0.29, 0.717) is 18.6 Å². The number of hydrogen-bond acceptors (Lipinski definition) is 4. The Morgan fingerprint density at radius 3 is 2.95 bits per heavy atom. The van der Waals surface area contributed by atoms with Gasteiger partial charge in [0.05, 0.1) is 17.9 Å². The van der Waals surface area contributed by atoms with Crippen LogP contribution in [0, 0.1) is 6.92 Å². The van der Waals surface area contributed by atoms with Crippen molar-refractivity contribution in [2.24, 2.45) is 0 Å². The first-order valence-electron chi connectivity index (χ1n) is 6.56. The highest BCUT2D eigenvalue weighted by Crippen LogP contribution is 2.20. The van der Waals surface area contributed by atoms with E-state index in [4.69, 9.17) is 4.74 Å². The molecule has 1 aromatic rings. The van der Waals surface area contributed by atoms with Crippen LogP contribution in [0.5, 0.6) is 0 Å². The quantitative estimate of drug-likeness (QED) is 0.750. The fourth-order valence-corrected chi connectivity index (χ4v) is 2.22. The molecule has 1 aliphatic rings. The van der Waals surface area contributed by atoms with Crippen molar-refractivity contribution in [2.45, 2.75) is 38.7 Å². The number of carbonyl (C=O) groups excluding carboxylic acids is 1. The van der Waals surface area contributed by atoms with Gasteiger partial charge in [0.2, 0.25) is 0 Å². The van der Waals surface area contributed by atoms with Crippen molar-refractivity contribution in [3.05, 3.63) is 17.0 Å². The number of nitrogens with one attached hydrogen (secondary N) is 2. The summed E-state index contributed by atoms with van der Waals surface area (Å²) in [4.78, 5) is 12.2. The maximum Gasteiger partial charge on any atom is 0.255 e. The number of aliphatic hydroxyl groups is 1. The molecule has 3 N–H and O–H groups in total. The maximum absolute atomic E-state index is 12.2. The average molecular weight is 267 g/mol. The topological polar surface area (TPSA) is 87.2 Å². The van der Waals surface area contributed by atoms with Crippen molar-refractivity contribution in [1.82, 2.24) is 15.5 Å². The number of amides is 1. The van der Waals surface area contributed by atoms with Crippen LogP contribution in [0.1, 0.15) is 47.9 Å². The van der Waals surface area contributed by atoms with E-state index < -0.39 is 5.60 Å². The van der Waals surface area contributed by atoms with Gasteiger partial charge in [-0.25, -0.2) is 0 Å². The zero-order chi connectivity index (χ0) is 14.0. The first-order valence-corrected chi connectivity index (χ1v) is 6.56. The van der Waals surface area contributed by atoms with Gasteiger partial charge < -0.3 is 15.2 Å². The highest BCUT2D eigenvalue weighted by Gasteiger charge is 2.33. The molecule has 1 unspecified atom stereocenters. The number of carbonyl (C=O) groups is 1. The molecular formula is C13H21N3O3. The fraction of sp³-hybridized carbons (Fsp3) is 0.692. The second-order valence-electron chi connectivity index (χ2n) is 5.47. The van der Waals surface area contributed by atoms with E-state index in [1.165, 1.54) is 0 Å². The summed E-state index contributed by atoms with van der Waals surface area (Å²) >= 11 is 0. The molecule has 0 aromatic carbocycles. The van der Waals surface area contributed by atoms with Crippen LogP contribution in [0.4, 0.5) is 0 Å². The average Bonchev–Trinajstić information content (AvgIpc) is 2.93. The highest BCUT2D eigenvalue weighted by molar-refractivity contribution is 5.96. The Balaban J connectivity index is 2.06. The van der Waals surface area contributed by atoms with Crippen LogP contribution in [0.3, 0.4) is 0 Å². The monoisotopic (exact) mass is 267 g/mol. The number of ether oxygens (including phenoxy) is 1. The van der Waals surface area contributed by atoms with Gasteiger partial charge in [0.1, 0.15) is 5.60 Å². The summed E-state index contributed by atoms with van der Waals surface area (Å²) in [5, 5.41) is 19.9. The molecule has 0 saturated carbocycles. The molecule has 6 heteroatoms. The molecule has 1 fully saturated rings. The van der Waals surface area contributed by atoms with Crippen molar-refractivity contribution in [3.63, 3.8) is 0 Å². The molecule has 1 atom stereocenters. The summed E-state index contributed by atoms with van der Waals surface area (Å²) in [6, 6.07) is 0. The number of aromatic amines is 1. The Morgan fingerprint density at radius 2 is 2.37 bits per heavy atom. The Morgan fingerprint density at radius 1 is 1.63 bits per heavy atom. The summed E-state index contributed by atoms with van der Waals surface area (Å²) in [5.74, 6) is -0.0288. The Kier molecular flexibility index (Phi) is 3.91. The van der Waals surface area contributed by atoms with Gasteiger partial charge in [-0.1, -0.05) is 13.8 Å². The predicted molar refractivity (Wildman–Crippen MR) is 70.1 cm³/mol. The van der Waals surface area contributed by atoms with Crippen molar-refractivity contribution in [1.29, 1.82) is 0 Å². The number of aryl methyl sites for hydroxylation is 1. The summed E-state index contributed by atoms with van der Waals surface area (Å²) < 4.78 is 5.15. The highest BCUT2D eigenvalue weighted by atomic mass is 16.5. The molecule has 106 valence electrons. The molecule has 2 rings (SSSR count). The lowest BCUT2D eigenvalue weighted by atomic mass is 10.0. The predicted octanol–water partition coefficient (Wildman–Crippen LogP) is 0.723. The molecule has 1 aromatic heterocycles. The van der Waals surface area contributed by atoms with Gasteiger partial charge in [0, 0.05) is 25.3 Å². The molecule has 2 heterocycles. The molecular weight excluding hydrogens is 246 g/mol. The van der Waals surface area contributed by atoms with Crippen LogP contribution in [0.15, 0.2) is 0 Å². The van der Waals surface area contributed by atoms with Crippen molar-refractivity contribution in [2.75, 3.05) is 19.8 Å². The first-order chi connectivity index (χ1) is 8.93. The number of nitrogens with zero attached hydrogens (tertiary/aromatic N) is 1. The molecule has 0 radical (unpaired) electrons. The third kappa shape index (κ3) is 2.96. The standard InChI is InChI=1S/C13H21N3O3/c1-8(2)11-10(9(3)15-16-11)12(17)14-6-13(18)4-5-19-7-13/h8,18H,4-7H2,1-3H3,(H,14,17)(H,15,16). The van der Waals surface area contributed by atoms with E-state index in [0.717, 1.165) is 11.4 Å². The zero-order valence-corrected chi connectivity index (χ0v) is 11.6. The molecule has 0 bridgehead atoms. The normalized spacial score (nSPS) is 23.0. The minimum atomic E-state index is -0.939. The first kappa shape index (κ1) is 14.0. The van der Waals surface area contributed by atoms with Gasteiger partial charge in [-0.2, -0.15) is 5.10 Å². The summed E-state index contributed by atoms with van der Waals surface area (Å²) in [6.45, 7) is 6.81. The third-order valence-corrected chi connectivity index (χ3v) is 3.41. The van der Waals surface area contributed by atoms with Crippen LogP contribution in [0.2, 0.25) is 0 Å². The smallest absolute Gasteiger partial charge is 0.255 e. The second kappa shape index (κ2) is 5.30. The van der Waals surface area contributed by atoms with Crippen LogP contribution >= 0.6 is 0 Å². The largest absolute Gasteiger partial charge is 0.386 e. The van der Waals surface area contributed by atoms with Gasteiger partial charge in [-0.15, -0.1) is 0 Å². The van der Waals surface area contributed by atoms with Gasteiger partial charge in [0.25, 0.3) is 5.91 Å². The second-order valence-corrected chi connectivity index (χ2v) is 5.47. The van der Waals surface area contributed by atoms with Crippen LogP contribution < -0.4 is 5.32 Å². The fourth-order valence-electron chi connectivity index (χ4n) is 2.22. The van der Waals surface area contributed by atoms with Crippen molar-refractivity contribution < 1.29 is 14.6 Å². The molecule has 1 aliphatic heterocycles. The number of aromatic nitrogens is 2. The summed E-state index contributed by atoms with van der Waals surface area (Å²) in [5.41, 5.74) is 1.14. The van der Waals surface area contributed by atoms with E-state index in [-0.39, 0.29) is 25.0 Å². The van der Waals surface area contributed by atoms with Crippen molar-refractivity contribution in [3.8, 4) is 0 Å². The lowest BCUT2D eigenvalue weighted by molar-refractivity contribution is 0.0264. The van der Waals surface area contributed by atoms with Crippen LogP contribution in [-0.2, 0) is 4.74 Å². The van der Waals surface area contributed by atoms with Crippen molar-refractivity contribution >= 4 is 5.91 Å². The number of hydrogen-bond donors (Lipinski definition) is 3. The van der Waals surface area contributed by atoms with E-state index in [9.17, 15) is 9.90 Å². The van der Waals surface area contributed by atoms with Crippen LogP contribution in [0.25, 0.3) is 0 Å². The minimum Gasteiger partial charge on any atom is -0.386 e. The van der Waals surface area contributed by atoms with E-state index >= 15 is 0 Å². The molecule has 6 nitrogen and oxygen atoms in total. The van der Waals surface area contributed by atoms with E-state index in [1.54, 1.807) is 0 Å². The lowest BCUT2D eigenvalue weighted by Crippen LogP contribution is -2.43. The molecule has 0 spiro atoms. The van der Waals surface area contributed by atoms with Crippen LogP contribution in [-0.4, -0.2) is 46.6 Å². The molecule has 19 heavy (non-hydrogen) atoms. The SMILES string of the molecule is Cc1[nH]nc(C(C)C)c1C(=O)NCC1(O)CCOC1. The Bertz CT molecular complexity index is 462. The van der Waals surface area contributed by atoms with Gasteiger partial charge in [-0.3, -0.25) is 9.89 Å². The van der Waals surface area contributed by atoms with Gasteiger partial charge >= 0.3 is 0 Å². The third-order valence-electron chi connectivity index (χ3n) is 3.41. The van der Waals surface area contributed by atoms with E-state index in [1.807, 2.05) is 20.8 Å². The Labute approximate surface area is 112 Å². The number of rotatable bonds is 4. The molecule has 0 aliphatic carbocycles. The summed E-state index contributed by atoms with van der Waals surface area (Å²) in [7, 11) is 0. The summed E-state index contributed by atoms with van der Waals surface area (Å²) in [6.07, 6.45) is 0.550. The lowest BCUT2D eigenvalue weighted by Gasteiger charge is -2.20. The zero-order valence-electron chi connectivity index (χ0n) is 11.6. The number of H-pyrrole nitrogens is 1. The maximum atomic E-state index is 12.2. The Hall–Kier alpha value is -1.40. The minimum absolute atomic E-state index is 0.170.